The lowest BCUT2D eigenvalue weighted by Gasteiger charge is -2.27. The molecule has 0 fully saturated rings. The third kappa shape index (κ3) is 7.40. The summed E-state index contributed by atoms with van der Waals surface area (Å²) in [4.78, 5) is 12.9. The summed E-state index contributed by atoms with van der Waals surface area (Å²) in [6, 6.07) is 12.7. The first kappa shape index (κ1) is 25.4. The van der Waals surface area contributed by atoms with E-state index in [4.69, 9.17) is 4.74 Å². The van der Waals surface area contributed by atoms with Crippen LogP contribution in [-0.4, -0.2) is 23.3 Å². The van der Waals surface area contributed by atoms with Gasteiger partial charge in [0.05, 0.1) is 17.9 Å². The molecule has 0 aliphatic heterocycles. The Labute approximate surface area is 192 Å². The molecule has 0 saturated carbocycles. The van der Waals surface area contributed by atoms with Gasteiger partial charge < -0.3 is 9.84 Å². The molecule has 32 heavy (non-hydrogen) atoms. The van der Waals surface area contributed by atoms with Crippen molar-refractivity contribution in [2.45, 2.75) is 78.7 Å². The average molecular weight is 439 g/mol. The summed E-state index contributed by atoms with van der Waals surface area (Å²) in [7, 11) is 0. The van der Waals surface area contributed by atoms with Crippen LogP contribution in [0.15, 0.2) is 47.6 Å². The Morgan fingerprint density at radius 3 is 2.56 bits per heavy atom. The predicted molar refractivity (Wildman–Crippen MR) is 132 cm³/mol. The Kier molecular flexibility index (Phi) is 9.30. The molecule has 0 aliphatic rings. The number of hydrogen-bond acceptors (Lipinski definition) is 4. The van der Waals surface area contributed by atoms with E-state index in [9.17, 15) is 9.90 Å². The van der Waals surface area contributed by atoms with Crippen LogP contribution in [0.4, 0.5) is 0 Å². The van der Waals surface area contributed by atoms with Gasteiger partial charge in [0.25, 0.3) is 5.91 Å². The fourth-order valence-electron chi connectivity index (χ4n) is 3.44. The number of hydrazone groups is 1. The zero-order valence-corrected chi connectivity index (χ0v) is 20.3. The number of nitrogens with one attached hydrogen (secondary N) is 1. The van der Waals surface area contributed by atoms with E-state index in [2.05, 4.69) is 45.1 Å². The van der Waals surface area contributed by atoms with Crippen LogP contribution in [0.25, 0.3) is 0 Å². The van der Waals surface area contributed by atoms with Crippen molar-refractivity contribution in [2.24, 2.45) is 11.0 Å². The lowest BCUT2D eigenvalue weighted by molar-refractivity contribution is 0.0948. The van der Waals surface area contributed by atoms with Crippen LogP contribution in [0, 0.1) is 5.92 Å². The first-order valence-corrected chi connectivity index (χ1v) is 11.6. The zero-order chi connectivity index (χ0) is 23.7. The second kappa shape index (κ2) is 11.7. The van der Waals surface area contributed by atoms with E-state index in [1.807, 2.05) is 25.1 Å². The number of aromatic hydroxyl groups is 1. The number of phenols is 1. The second-order valence-corrected chi connectivity index (χ2v) is 9.48. The number of carbonyl (C=O) groups is 1. The molecule has 0 aromatic heterocycles. The molecule has 1 unspecified atom stereocenters. The monoisotopic (exact) mass is 438 g/mol. The van der Waals surface area contributed by atoms with Gasteiger partial charge in [0.15, 0.2) is 0 Å². The highest BCUT2D eigenvalue weighted by Crippen LogP contribution is 2.34. The SMILES string of the molecule is CCC(C)Oc1cc(C(C)(C)CCCC(C)C)ccc1C(=O)NN=Cc1ccccc1O. The molecule has 5 heteroatoms. The molecule has 0 bridgehead atoms. The number of amides is 1. The fourth-order valence-corrected chi connectivity index (χ4v) is 3.44. The molecule has 2 N–H and O–H groups in total. The Balaban J connectivity index is 2.23. The van der Waals surface area contributed by atoms with Gasteiger partial charge in [0.2, 0.25) is 0 Å². The first-order chi connectivity index (χ1) is 15.1. The number of nitrogens with zero attached hydrogens (tertiary/aromatic N) is 1. The molecule has 0 heterocycles. The van der Waals surface area contributed by atoms with Gasteiger partial charge in [-0.3, -0.25) is 4.79 Å². The molecule has 0 radical (unpaired) electrons. The molecule has 0 spiro atoms. The van der Waals surface area contributed by atoms with E-state index in [1.54, 1.807) is 24.3 Å². The van der Waals surface area contributed by atoms with E-state index < -0.39 is 0 Å². The first-order valence-electron chi connectivity index (χ1n) is 11.6. The van der Waals surface area contributed by atoms with Crippen LogP contribution >= 0.6 is 0 Å². The molecule has 174 valence electrons. The van der Waals surface area contributed by atoms with Gasteiger partial charge in [-0.25, -0.2) is 5.43 Å². The number of hydrogen-bond donors (Lipinski definition) is 2. The van der Waals surface area contributed by atoms with Crippen molar-refractivity contribution in [2.75, 3.05) is 0 Å². The number of rotatable bonds is 11. The summed E-state index contributed by atoms with van der Waals surface area (Å²) in [5.41, 5.74) is 4.67. The van der Waals surface area contributed by atoms with Gasteiger partial charge in [-0.15, -0.1) is 0 Å². The van der Waals surface area contributed by atoms with Crippen molar-refractivity contribution in [1.29, 1.82) is 0 Å². The maximum Gasteiger partial charge on any atom is 0.275 e. The van der Waals surface area contributed by atoms with E-state index in [-0.39, 0.29) is 23.2 Å². The zero-order valence-electron chi connectivity index (χ0n) is 20.3. The minimum atomic E-state index is -0.348. The second-order valence-electron chi connectivity index (χ2n) is 9.48. The van der Waals surface area contributed by atoms with Crippen molar-refractivity contribution in [1.82, 2.24) is 5.43 Å². The quantitative estimate of drug-likeness (QED) is 0.313. The Bertz CT molecular complexity index is 919. The minimum Gasteiger partial charge on any atom is -0.507 e. The molecule has 2 aromatic rings. The van der Waals surface area contributed by atoms with E-state index >= 15 is 0 Å². The van der Waals surface area contributed by atoms with Gasteiger partial charge in [-0.1, -0.05) is 65.7 Å². The number of phenolic OH excluding ortho intramolecular Hbond substituents is 1. The molecule has 2 aromatic carbocycles. The van der Waals surface area contributed by atoms with Crippen LogP contribution in [-0.2, 0) is 5.41 Å². The minimum absolute atomic E-state index is 0.00868. The van der Waals surface area contributed by atoms with Crippen LogP contribution in [0.2, 0.25) is 0 Å². The lowest BCUT2D eigenvalue weighted by atomic mass is 9.79. The van der Waals surface area contributed by atoms with E-state index in [0.29, 0.717) is 22.8 Å². The molecule has 0 aliphatic carbocycles. The van der Waals surface area contributed by atoms with Gasteiger partial charge in [0.1, 0.15) is 11.5 Å². The molecular weight excluding hydrogens is 400 g/mol. The van der Waals surface area contributed by atoms with Crippen LogP contribution < -0.4 is 10.2 Å². The normalized spacial score (nSPS) is 12.8. The van der Waals surface area contributed by atoms with Crippen molar-refractivity contribution in [3.8, 4) is 11.5 Å². The van der Waals surface area contributed by atoms with Gasteiger partial charge in [-0.05, 0) is 60.9 Å². The number of benzene rings is 2. The number of para-hydroxylation sites is 1. The molecular formula is C27H38N2O3. The highest BCUT2D eigenvalue weighted by atomic mass is 16.5. The predicted octanol–water partition coefficient (Wildman–Crippen LogP) is 6.44. The standard InChI is InChI=1S/C27H38N2O3/c1-7-20(4)32-25-17-22(27(5,6)16-10-11-19(2)3)14-15-23(25)26(31)29-28-18-21-12-8-9-13-24(21)30/h8-9,12-15,17-20,30H,7,10-11,16H2,1-6H3,(H,29,31). The third-order valence-corrected chi connectivity index (χ3v) is 5.80. The summed E-state index contributed by atoms with van der Waals surface area (Å²) < 4.78 is 6.13. The Hall–Kier alpha value is -2.82. The Morgan fingerprint density at radius 1 is 1.19 bits per heavy atom. The van der Waals surface area contributed by atoms with E-state index in [1.165, 1.54) is 12.6 Å². The highest BCUT2D eigenvalue weighted by Gasteiger charge is 2.24. The van der Waals surface area contributed by atoms with Crippen molar-refractivity contribution >= 4 is 12.1 Å². The smallest absolute Gasteiger partial charge is 0.275 e. The fraction of sp³-hybridized carbons (Fsp3) is 0.481. The molecule has 2 rings (SSSR count). The number of carbonyl (C=O) groups excluding carboxylic acids is 1. The summed E-state index contributed by atoms with van der Waals surface area (Å²) in [6.45, 7) is 13.0. The topological polar surface area (TPSA) is 70.9 Å². The van der Waals surface area contributed by atoms with Crippen LogP contribution in [0.1, 0.15) is 88.7 Å². The van der Waals surface area contributed by atoms with Crippen LogP contribution in [0.3, 0.4) is 0 Å². The molecule has 0 saturated heterocycles. The summed E-state index contributed by atoms with van der Waals surface area (Å²) in [5, 5.41) is 13.8. The van der Waals surface area contributed by atoms with Crippen molar-refractivity contribution in [3.63, 3.8) is 0 Å². The number of ether oxygens (including phenoxy) is 1. The summed E-state index contributed by atoms with van der Waals surface area (Å²) in [5.74, 6) is 1.03. The summed E-state index contributed by atoms with van der Waals surface area (Å²) >= 11 is 0. The maximum atomic E-state index is 12.9. The third-order valence-electron chi connectivity index (χ3n) is 5.80. The van der Waals surface area contributed by atoms with E-state index in [0.717, 1.165) is 24.8 Å². The van der Waals surface area contributed by atoms with Gasteiger partial charge in [0, 0.05) is 5.56 Å². The Morgan fingerprint density at radius 2 is 1.91 bits per heavy atom. The summed E-state index contributed by atoms with van der Waals surface area (Å²) in [6.07, 6.45) is 5.70. The molecule has 5 nitrogen and oxygen atoms in total. The van der Waals surface area contributed by atoms with Crippen molar-refractivity contribution in [3.05, 3.63) is 59.2 Å². The molecule has 1 amide bonds. The average Bonchev–Trinajstić information content (AvgIpc) is 2.74. The van der Waals surface area contributed by atoms with Crippen LogP contribution in [0.5, 0.6) is 11.5 Å². The highest BCUT2D eigenvalue weighted by molar-refractivity contribution is 5.97. The maximum absolute atomic E-state index is 12.9. The molecule has 1 atom stereocenters. The van der Waals surface area contributed by atoms with Gasteiger partial charge in [-0.2, -0.15) is 5.10 Å². The van der Waals surface area contributed by atoms with Gasteiger partial charge >= 0.3 is 0 Å². The lowest BCUT2D eigenvalue weighted by Crippen LogP contribution is -2.22. The largest absolute Gasteiger partial charge is 0.507 e. The van der Waals surface area contributed by atoms with Crippen molar-refractivity contribution < 1.29 is 14.6 Å².